The van der Waals surface area contributed by atoms with Gasteiger partial charge >= 0.3 is 0 Å². The SMILES string of the molecule is CN(C(=O)CNc1ccccc1[N+](=O)[O-])C1CCN(c2ccccc2Cl)C1=O. The lowest BCUT2D eigenvalue weighted by Crippen LogP contribution is -2.45. The van der Waals surface area contributed by atoms with E-state index in [2.05, 4.69) is 5.32 Å². The van der Waals surface area contributed by atoms with Crippen LogP contribution in [-0.4, -0.2) is 47.8 Å². The van der Waals surface area contributed by atoms with E-state index in [1.54, 1.807) is 48.3 Å². The average molecular weight is 403 g/mol. The Balaban J connectivity index is 1.65. The summed E-state index contributed by atoms with van der Waals surface area (Å²) >= 11 is 6.18. The molecule has 8 nitrogen and oxygen atoms in total. The van der Waals surface area contributed by atoms with Crippen LogP contribution in [0.4, 0.5) is 17.1 Å². The lowest BCUT2D eigenvalue weighted by molar-refractivity contribution is -0.383. The molecule has 0 saturated carbocycles. The van der Waals surface area contributed by atoms with Gasteiger partial charge in [0.05, 0.1) is 22.2 Å². The smallest absolute Gasteiger partial charge is 0.292 e. The second-order valence-corrected chi connectivity index (χ2v) is 6.79. The zero-order valence-corrected chi connectivity index (χ0v) is 15.9. The molecule has 1 heterocycles. The van der Waals surface area contributed by atoms with Crippen LogP contribution in [-0.2, 0) is 9.59 Å². The zero-order chi connectivity index (χ0) is 20.3. The number of benzene rings is 2. The lowest BCUT2D eigenvalue weighted by atomic mass is 10.2. The molecule has 1 saturated heterocycles. The number of nitrogens with one attached hydrogen (secondary N) is 1. The van der Waals surface area contributed by atoms with Gasteiger partial charge in [-0.2, -0.15) is 0 Å². The van der Waals surface area contributed by atoms with Crippen LogP contribution in [0.25, 0.3) is 0 Å². The van der Waals surface area contributed by atoms with Crippen molar-refractivity contribution in [2.75, 3.05) is 30.4 Å². The Hall–Kier alpha value is -3.13. The molecule has 0 radical (unpaired) electrons. The largest absolute Gasteiger partial charge is 0.371 e. The molecule has 9 heteroatoms. The number of nitro groups is 1. The molecule has 2 aromatic rings. The van der Waals surface area contributed by atoms with E-state index >= 15 is 0 Å². The Labute approximate surface area is 166 Å². The summed E-state index contributed by atoms with van der Waals surface area (Å²) < 4.78 is 0. The number of likely N-dealkylation sites (N-methyl/N-ethyl adjacent to an activating group) is 1. The molecule has 28 heavy (non-hydrogen) atoms. The number of nitro benzene ring substituents is 1. The van der Waals surface area contributed by atoms with Gasteiger partial charge in [0.15, 0.2) is 0 Å². The van der Waals surface area contributed by atoms with Crippen molar-refractivity contribution in [2.45, 2.75) is 12.5 Å². The zero-order valence-electron chi connectivity index (χ0n) is 15.2. The van der Waals surface area contributed by atoms with Gasteiger partial charge in [-0.15, -0.1) is 0 Å². The molecule has 1 N–H and O–H groups in total. The highest BCUT2D eigenvalue weighted by Gasteiger charge is 2.37. The van der Waals surface area contributed by atoms with Crippen molar-refractivity contribution in [1.82, 2.24) is 4.90 Å². The first-order valence-electron chi connectivity index (χ1n) is 8.69. The predicted octanol–water partition coefficient (Wildman–Crippen LogP) is 2.92. The third kappa shape index (κ3) is 3.91. The standard InChI is InChI=1S/C19H19ClN4O4/c1-22(18(25)12-21-14-7-3-5-9-16(14)24(27)28)17-10-11-23(19(17)26)15-8-4-2-6-13(15)20/h2-9,17,21H,10-12H2,1H3. The second-order valence-electron chi connectivity index (χ2n) is 6.38. The molecule has 0 aliphatic carbocycles. The Morgan fingerprint density at radius 2 is 1.96 bits per heavy atom. The molecular formula is C19H19ClN4O4. The van der Waals surface area contributed by atoms with Crippen LogP contribution in [0.5, 0.6) is 0 Å². The van der Waals surface area contributed by atoms with E-state index in [0.717, 1.165) is 0 Å². The van der Waals surface area contributed by atoms with Crippen LogP contribution in [0.3, 0.4) is 0 Å². The van der Waals surface area contributed by atoms with Crippen molar-refractivity contribution in [3.05, 3.63) is 63.7 Å². The number of rotatable bonds is 6. The number of carbonyl (C=O) groups excluding carboxylic acids is 2. The summed E-state index contributed by atoms with van der Waals surface area (Å²) in [6.45, 7) is 0.305. The van der Waals surface area contributed by atoms with Gasteiger partial charge in [0, 0.05) is 19.7 Å². The number of halogens is 1. The molecule has 0 bridgehead atoms. The van der Waals surface area contributed by atoms with E-state index in [-0.39, 0.29) is 29.7 Å². The minimum absolute atomic E-state index is 0.111. The highest BCUT2D eigenvalue weighted by molar-refractivity contribution is 6.34. The first-order valence-corrected chi connectivity index (χ1v) is 9.07. The molecule has 0 aromatic heterocycles. The number of amides is 2. The van der Waals surface area contributed by atoms with Crippen molar-refractivity contribution in [1.29, 1.82) is 0 Å². The Kier molecular flexibility index (Phi) is 5.79. The molecule has 0 spiro atoms. The predicted molar refractivity (Wildman–Crippen MR) is 107 cm³/mol. The first kappa shape index (κ1) is 19.6. The molecule has 2 amide bonds. The second kappa shape index (κ2) is 8.26. The number of nitrogens with zero attached hydrogens (tertiary/aromatic N) is 3. The molecule has 1 aliphatic heterocycles. The van der Waals surface area contributed by atoms with Crippen molar-refractivity contribution < 1.29 is 14.5 Å². The van der Waals surface area contributed by atoms with Crippen LogP contribution in [0, 0.1) is 10.1 Å². The molecule has 2 aromatic carbocycles. The van der Waals surface area contributed by atoms with Crippen LogP contribution < -0.4 is 10.2 Å². The number of hydrogen-bond acceptors (Lipinski definition) is 5. The Bertz CT molecular complexity index is 920. The lowest BCUT2D eigenvalue weighted by Gasteiger charge is -2.24. The van der Waals surface area contributed by atoms with Crippen molar-refractivity contribution in [3.8, 4) is 0 Å². The molecule has 146 valence electrons. The van der Waals surface area contributed by atoms with Gasteiger partial charge in [-0.3, -0.25) is 19.7 Å². The van der Waals surface area contributed by atoms with E-state index in [4.69, 9.17) is 11.6 Å². The van der Waals surface area contributed by atoms with E-state index in [0.29, 0.717) is 23.7 Å². The van der Waals surface area contributed by atoms with Crippen molar-refractivity contribution in [3.63, 3.8) is 0 Å². The topological polar surface area (TPSA) is 95.8 Å². The fourth-order valence-corrected chi connectivity index (χ4v) is 3.42. The quantitative estimate of drug-likeness (QED) is 0.592. The molecular weight excluding hydrogens is 384 g/mol. The fourth-order valence-electron chi connectivity index (χ4n) is 3.19. The molecule has 1 fully saturated rings. The average Bonchev–Trinajstić information content (AvgIpc) is 3.07. The van der Waals surface area contributed by atoms with Crippen LogP contribution in [0.1, 0.15) is 6.42 Å². The summed E-state index contributed by atoms with van der Waals surface area (Å²) in [5.41, 5.74) is 0.764. The summed E-state index contributed by atoms with van der Waals surface area (Å²) in [6, 6.07) is 12.6. The van der Waals surface area contributed by atoms with Crippen molar-refractivity contribution >= 4 is 40.5 Å². The van der Waals surface area contributed by atoms with Gasteiger partial charge in [0.25, 0.3) is 5.69 Å². The number of para-hydroxylation sites is 3. The van der Waals surface area contributed by atoms with Gasteiger partial charge in [-0.05, 0) is 24.6 Å². The first-order chi connectivity index (χ1) is 13.4. The highest BCUT2D eigenvalue weighted by Crippen LogP contribution is 2.30. The van der Waals surface area contributed by atoms with Gasteiger partial charge in [-0.1, -0.05) is 35.9 Å². The highest BCUT2D eigenvalue weighted by atomic mass is 35.5. The van der Waals surface area contributed by atoms with Crippen LogP contribution in [0.2, 0.25) is 5.02 Å². The third-order valence-corrected chi connectivity index (χ3v) is 5.03. The number of carbonyl (C=O) groups is 2. The Morgan fingerprint density at radius 3 is 2.68 bits per heavy atom. The summed E-state index contributed by atoms with van der Waals surface area (Å²) in [5.74, 6) is -0.535. The van der Waals surface area contributed by atoms with Gasteiger partial charge < -0.3 is 15.1 Å². The summed E-state index contributed by atoms with van der Waals surface area (Å²) in [6.07, 6.45) is 0.484. The van der Waals surface area contributed by atoms with Crippen LogP contribution in [0.15, 0.2) is 48.5 Å². The molecule has 1 atom stereocenters. The molecule has 1 aliphatic rings. The Morgan fingerprint density at radius 1 is 1.29 bits per heavy atom. The van der Waals surface area contributed by atoms with Crippen LogP contribution >= 0.6 is 11.6 Å². The maximum Gasteiger partial charge on any atom is 0.292 e. The maximum atomic E-state index is 12.8. The minimum atomic E-state index is -0.601. The third-order valence-electron chi connectivity index (χ3n) is 4.71. The van der Waals surface area contributed by atoms with E-state index in [9.17, 15) is 19.7 Å². The van der Waals surface area contributed by atoms with Crippen molar-refractivity contribution in [2.24, 2.45) is 0 Å². The number of anilines is 2. The normalized spacial score (nSPS) is 16.1. The number of hydrogen-bond donors (Lipinski definition) is 1. The van der Waals surface area contributed by atoms with Gasteiger partial charge in [0.2, 0.25) is 11.8 Å². The van der Waals surface area contributed by atoms with E-state index in [1.807, 2.05) is 0 Å². The monoisotopic (exact) mass is 402 g/mol. The fraction of sp³-hybridized carbons (Fsp3) is 0.263. The molecule has 1 unspecified atom stereocenters. The summed E-state index contributed by atoms with van der Waals surface area (Å²) in [5, 5.41) is 14.3. The van der Waals surface area contributed by atoms with E-state index < -0.39 is 11.0 Å². The maximum absolute atomic E-state index is 12.8. The summed E-state index contributed by atoms with van der Waals surface area (Å²) in [7, 11) is 1.56. The molecule has 3 rings (SSSR count). The van der Waals surface area contributed by atoms with Gasteiger partial charge in [-0.25, -0.2) is 0 Å². The minimum Gasteiger partial charge on any atom is -0.371 e. The summed E-state index contributed by atoms with van der Waals surface area (Å²) in [4.78, 5) is 38.8. The van der Waals surface area contributed by atoms with E-state index in [1.165, 1.54) is 17.0 Å². The van der Waals surface area contributed by atoms with Gasteiger partial charge in [0.1, 0.15) is 11.7 Å².